The Morgan fingerprint density at radius 3 is 2.57 bits per heavy atom. The van der Waals surface area contributed by atoms with Crippen LogP contribution in [0.4, 0.5) is 0 Å². The Hall–Kier alpha value is -0.00312. The molecule has 0 amide bonds. The van der Waals surface area contributed by atoms with Gasteiger partial charge >= 0.3 is 0 Å². The van der Waals surface area contributed by atoms with Crippen LogP contribution in [0.5, 0.6) is 17.2 Å². The molecule has 0 spiro atoms. The van der Waals surface area contributed by atoms with Gasteiger partial charge in [0, 0.05) is 5.19 Å². The van der Waals surface area contributed by atoms with E-state index in [9.17, 15) is 5.11 Å². The van der Waals surface area contributed by atoms with Gasteiger partial charge in [-0.25, -0.2) is 0 Å². The number of fused-ring (bicyclic) bond motifs is 1. The largest absolute Gasteiger partial charge is 0.508 e. The molecule has 1 aliphatic rings. The lowest BCUT2D eigenvalue weighted by Gasteiger charge is -2.24. The highest BCUT2D eigenvalue weighted by Gasteiger charge is 2.41. The van der Waals surface area contributed by atoms with Crippen LogP contribution in [0.2, 0.25) is 13.1 Å². The second-order valence-electron chi connectivity index (χ2n) is 3.91. The Morgan fingerprint density at radius 2 is 2.00 bits per heavy atom. The predicted octanol–water partition coefficient (Wildman–Crippen LogP) is 3.07. The van der Waals surface area contributed by atoms with Crippen molar-refractivity contribution < 1.29 is 9.84 Å². The van der Waals surface area contributed by atoms with Gasteiger partial charge in [0.15, 0.2) is 11.5 Å². The second kappa shape index (κ2) is 3.25. The van der Waals surface area contributed by atoms with Crippen LogP contribution >= 0.6 is 31.9 Å². The van der Waals surface area contributed by atoms with Crippen LogP contribution in [-0.2, 0) is 0 Å². The molecule has 76 valence electrons. The second-order valence-corrected chi connectivity index (χ2v) is 13.2. The van der Waals surface area contributed by atoms with Crippen molar-refractivity contribution in [3.63, 3.8) is 0 Å². The molecule has 1 heterocycles. The molecule has 14 heavy (non-hydrogen) atoms. The van der Waals surface area contributed by atoms with Crippen LogP contribution in [0.3, 0.4) is 0 Å². The third-order valence-electron chi connectivity index (χ3n) is 2.46. The molecule has 2 nitrogen and oxygen atoms in total. The van der Waals surface area contributed by atoms with E-state index >= 15 is 0 Å². The SMILES string of the molecule is C[Si](C)(c1c(O)ccc2c1O2)C(Br)Br. The van der Waals surface area contributed by atoms with Crippen LogP contribution in [-0.4, -0.2) is 16.5 Å². The summed E-state index contributed by atoms with van der Waals surface area (Å²) in [7, 11) is -1.74. The zero-order chi connectivity index (χ0) is 10.5. The molecule has 0 atom stereocenters. The first-order valence-corrected chi connectivity index (χ1v) is 9.18. The third kappa shape index (κ3) is 1.51. The van der Waals surface area contributed by atoms with Crippen molar-refractivity contribution in [3.05, 3.63) is 12.1 Å². The first kappa shape index (κ1) is 10.5. The molecule has 0 radical (unpaired) electrons. The lowest BCUT2D eigenvalue weighted by Crippen LogP contribution is -2.47. The van der Waals surface area contributed by atoms with Gasteiger partial charge in [0.1, 0.15) is 13.8 Å². The van der Waals surface area contributed by atoms with Crippen molar-refractivity contribution >= 4 is 45.1 Å². The molecule has 2 rings (SSSR count). The average Bonchev–Trinajstić information content (AvgIpc) is 2.81. The summed E-state index contributed by atoms with van der Waals surface area (Å²) in [5.41, 5.74) is 0. The van der Waals surface area contributed by atoms with Crippen LogP contribution in [0.15, 0.2) is 12.1 Å². The Labute approximate surface area is 101 Å². The quantitative estimate of drug-likeness (QED) is 0.519. The normalized spacial score (nSPS) is 13.8. The number of aromatic hydroxyl groups is 1. The van der Waals surface area contributed by atoms with E-state index in [1.165, 1.54) is 0 Å². The molecule has 0 saturated heterocycles. The number of rotatable bonds is 2. The van der Waals surface area contributed by atoms with Gasteiger partial charge in [0.25, 0.3) is 0 Å². The zero-order valence-electron chi connectivity index (χ0n) is 7.84. The van der Waals surface area contributed by atoms with Gasteiger partial charge in [-0.1, -0.05) is 45.0 Å². The fourth-order valence-corrected chi connectivity index (χ4v) is 4.55. The van der Waals surface area contributed by atoms with E-state index in [2.05, 4.69) is 45.0 Å². The maximum Gasteiger partial charge on any atom is 0.173 e. The topological polar surface area (TPSA) is 32.8 Å². The fraction of sp³-hybridized carbons (Fsp3) is 0.333. The number of hydrogen-bond donors (Lipinski definition) is 1. The summed E-state index contributed by atoms with van der Waals surface area (Å²) < 4.78 is 5.55. The van der Waals surface area contributed by atoms with Crippen molar-refractivity contribution in [2.24, 2.45) is 0 Å². The number of alkyl halides is 2. The minimum atomic E-state index is -1.74. The number of ether oxygens (including phenoxy) is 1. The van der Waals surface area contributed by atoms with Gasteiger partial charge in [-0.3, -0.25) is 0 Å². The molecule has 0 aliphatic carbocycles. The molecule has 1 aromatic carbocycles. The highest BCUT2D eigenvalue weighted by atomic mass is 79.9. The molecule has 0 bridgehead atoms. The Morgan fingerprint density at radius 1 is 1.36 bits per heavy atom. The van der Waals surface area contributed by atoms with Gasteiger partial charge in [0.2, 0.25) is 0 Å². The summed E-state index contributed by atoms with van der Waals surface area (Å²) in [6.45, 7) is 4.36. The molecular formula is C9H10Br2O2Si. The zero-order valence-corrected chi connectivity index (χ0v) is 12.0. The van der Waals surface area contributed by atoms with E-state index in [4.69, 9.17) is 4.74 Å². The summed E-state index contributed by atoms with van der Waals surface area (Å²) in [6.07, 6.45) is 0. The molecule has 0 saturated carbocycles. The number of halogens is 2. The van der Waals surface area contributed by atoms with Crippen molar-refractivity contribution in [1.29, 1.82) is 0 Å². The molecule has 1 N–H and O–H groups in total. The van der Waals surface area contributed by atoms with Crippen LogP contribution in [0.25, 0.3) is 0 Å². The minimum Gasteiger partial charge on any atom is -0.508 e. The maximum absolute atomic E-state index is 9.82. The number of phenolic OH excluding ortho intramolecular Hbond substituents is 1. The first-order valence-electron chi connectivity index (χ1n) is 4.27. The summed E-state index contributed by atoms with van der Waals surface area (Å²) in [6, 6.07) is 3.51. The van der Waals surface area contributed by atoms with Gasteiger partial charge in [-0.05, 0) is 12.1 Å². The highest BCUT2D eigenvalue weighted by molar-refractivity contribution is 9.25. The van der Waals surface area contributed by atoms with Gasteiger partial charge in [0.05, 0.1) is 3.36 Å². The average molecular weight is 338 g/mol. The van der Waals surface area contributed by atoms with Gasteiger partial charge in [-0.2, -0.15) is 0 Å². The highest BCUT2D eigenvalue weighted by Crippen LogP contribution is 2.47. The van der Waals surface area contributed by atoms with E-state index in [0.717, 1.165) is 16.7 Å². The van der Waals surface area contributed by atoms with Gasteiger partial charge < -0.3 is 9.84 Å². The van der Waals surface area contributed by atoms with Crippen LogP contribution in [0.1, 0.15) is 0 Å². The van der Waals surface area contributed by atoms with Crippen molar-refractivity contribution in [3.8, 4) is 17.2 Å². The molecule has 1 aromatic rings. The summed E-state index contributed by atoms with van der Waals surface area (Å²) >= 11 is 7.07. The Balaban J connectivity index is 2.53. The molecule has 0 fully saturated rings. The summed E-state index contributed by atoms with van der Waals surface area (Å²) in [5, 5.41) is 10.8. The van der Waals surface area contributed by atoms with E-state index in [1.807, 2.05) is 0 Å². The molecule has 5 heteroatoms. The summed E-state index contributed by atoms with van der Waals surface area (Å²) in [4.78, 5) is 0. The predicted molar refractivity (Wildman–Crippen MR) is 66.9 cm³/mol. The standard InChI is InChI=1S/C9H10Br2O2Si/c1-14(2,9(10)11)8-5(12)3-4-6-7(8)13-6/h3-4,9,12H,1-2H3. The Bertz CT molecular complexity index is 387. The molecular weight excluding hydrogens is 328 g/mol. The van der Waals surface area contributed by atoms with Crippen LogP contribution < -0.4 is 9.92 Å². The molecule has 0 aromatic heterocycles. The summed E-state index contributed by atoms with van der Waals surface area (Å²) in [5.74, 6) is 2.13. The van der Waals surface area contributed by atoms with Crippen molar-refractivity contribution in [1.82, 2.24) is 0 Å². The molecule has 1 aliphatic heterocycles. The van der Waals surface area contributed by atoms with E-state index in [0.29, 0.717) is 5.75 Å². The monoisotopic (exact) mass is 336 g/mol. The first-order chi connectivity index (χ1) is 6.44. The fourth-order valence-electron chi connectivity index (χ4n) is 1.45. The lowest BCUT2D eigenvalue weighted by atomic mass is 10.3. The van der Waals surface area contributed by atoms with E-state index < -0.39 is 8.07 Å². The van der Waals surface area contributed by atoms with Gasteiger partial charge in [-0.15, -0.1) is 0 Å². The molecule has 0 unspecified atom stereocenters. The number of phenols is 1. The van der Waals surface area contributed by atoms with E-state index in [1.54, 1.807) is 12.1 Å². The smallest absolute Gasteiger partial charge is 0.173 e. The van der Waals surface area contributed by atoms with Crippen molar-refractivity contribution in [2.45, 2.75) is 16.5 Å². The minimum absolute atomic E-state index is 0.226. The maximum atomic E-state index is 9.82. The lowest BCUT2D eigenvalue weighted by molar-refractivity contribution is 0.479. The third-order valence-corrected chi connectivity index (χ3v) is 12.2. The number of hydrogen-bond acceptors (Lipinski definition) is 2. The van der Waals surface area contributed by atoms with Crippen molar-refractivity contribution in [2.75, 3.05) is 0 Å². The number of benzene rings is 1. The van der Waals surface area contributed by atoms with Crippen LogP contribution in [0, 0.1) is 0 Å². The Kier molecular flexibility index (Phi) is 2.44. The van der Waals surface area contributed by atoms with E-state index in [-0.39, 0.29) is 3.36 Å².